The van der Waals surface area contributed by atoms with Crippen LogP contribution in [-0.2, 0) is 17.8 Å². The van der Waals surface area contributed by atoms with Gasteiger partial charge in [0.15, 0.2) is 11.6 Å². The van der Waals surface area contributed by atoms with Gasteiger partial charge in [-0.2, -0.15) is 0 Å². The third-order valence-electron chi connectivity index (χ3n) is 7.94. The van der Waals surface area contributed by atoms with Crippen LogP contribution >= 0.6 is 0 Å². The van der Waals surface area contributed by atoms with Crippen LogP contribution < -0.4 is 5.32 Å². The summed E-state index contributed by atoms with van der Waals surface area (Å²) in [4.78, 5) is 33.3. The van der Waals surface area contributed by atoms with Crippen LogP contribution in [0.25, 0.3) is 0 Å². The van der Waals surface area contributed by atoms with E-state index >= 15 is 4.39 Å². The number of nitrogens with zero attached hydrogens (tertiary/aromatic N) is 4. The van der Waals surface area contributed by atoms with E-state index in [1.54, 1.807) is 0 Å². The van der Waals surface area contributed by atoms with Crippen molar-refractivity contribution in [3.63, 3.8) is 0 Å². The highest BCUT2D eigenvalue weighted by atomic mass is 19.3. The number of amides is 2. The minimum Gasteiger partial charge on any atom is -0.390 e. The van der Waals surface area contributed by atoms with Gasteiger partial charge in [0, 0.05) is 51.9 Å². The molecular formula is C27H32F3N5O3. The van der Waals surface area contributed by atoms with E-state index in [1.807, 2.05) is 12.1 Å². The molecule has 4 heterocycles. The average Bonchev–Trinajstić information content (AvgIpc) is 2.89. The SMILES string of the molecule is CC(=O)N1CCC(Nc2nccc(C(=O)N3CC[C@@H](N4CCc5ccccc5C4)[C@H](O)C3)c2F)C(F)(F)C1. The standard InChI is InChI=1S/C27H32F3N5O3/c1-17(36)35-13-9-23(27(29,30)16-35)32-25-24(28)20(6-10-31-25)26(38)34-12-8-21(22(37)15-34)33-11-7-18-4-2-3-5-19(18)14-33/h2-6,10,21-23,37H,7-9,11-16H2,1H3,(H,31,32)/t21-,22-,23?/m1/s1. The van der Waals surface area contributed by atoms with Crippen molar-refractivity contribution in [1.82, 2.24) is 19.7 Å². The van der Waals surface area contributed by atoms with E-state index in [0.29, 0.717) is 13.0 Å². The Morgan fingerprint density at radius 2 is 1.82 bits per heavy atom. The van der Waals surface area contributed by atoms with Gasteiger partial charge in [0.05, 0.1) is 24.3 Å². The van der Waals surface area contributed by atoms with Crippen LogP contribution in [0.5, 0.6) is 0 Å². The first-order valence-corrected chi connectivity index (χ1v) is 13.0. The molecule has 3 aliphatic rings. The molecule has 8 nitrogen and oxygen atoms in total. The molecular weight excluding hydrogens is 499 g/mol. The van der Waals surface area contributed by atoms with Gasteiger partial charge in [-0.15, -0.1) is 0 Å². The molecule has 0 bridgehead atoms. The molecule has 2 fully saturated rings. The third-order valence-corrected chi connectivity index (χ3v) is 7.94. The molecule has 5 rings (SSSR count). The Labute approximate surface area is 219 Å². The van der Waals surface area contributed by atoms with Crippen LogP contribution in [0.4, 0.5) is 19.0 Å². The summed E-state index contributed by atoms with van der Waals surface area (Å²) in [5.74, 6) is -5.80. The number of pyridine rings is 1. The van der Waals surface area contributed by atoms with Crippen LogP contribution in [0.15, 0.2) is 36.5 Å². The predicted molar refractivity (Wildman–Crippen MR) is 134 cm³/mol. The second-order valence-electron chi connectivity index (χ2n) is 10.4. The first-order valence-electron chi connectivity index (χ1n) is 13.0. The van der Waals surface area contributed by atoms with Gasteiger partial charge >= 0.3 is 0 Å². The number of aliphatic hydroxyl groups excluding tert-OH is 1. The monoisotopic (exact) mass is 531 g/mol. The van der Waals surface area contributed by atoms with E-state index in [-0.39, 0.29) is 31.1 Å². The summed E-state index contributed by atoms with van der Waals surface area (Å²) in [5.41, 5.74) is 2.26. The van der Waals surface area contributed by atoms with Crippen LogP contribution in [0.2, 0.25) is 0 Å². The number of hydrogen-bond acceptors (Lipinski definition) is 6. The van der Waals surface area contributed by atoms with Crippen LogP contribution in [0, 0.1) is 5.82 Å². The number of piperidine rings is 2. The summed E-state index contributed by atoms with van der Waals surface area (Å²) in [6, 6.07) is 7.91. The second kappa shape index (κ2) is 10.5. The van der Waals surface area contributed by atoms with Gasteiger partial charge in [0.1, 0.15) is 0 Å². The van der Waals surface area contributed by atoms with E-state index in [1.165, 1.54) is 35.2 Å². The number of fused-ring (bicyclic) bond motifs is 1. The van der Waals surface area contributed by atoms with Crippen molar-refractivity contribution in [2.45, 2.75) is 56.8 Å². The van der Waals surface area contributed by atoms with E-state index in [9.17, 15) is 23.5 Å². The van der Waals surface area contributed by atoms with E-state index < -0.39 is 48.1 Å². The molecule has 2 aromatic rings. The molecule has 11 heteroatoms. The maximum atomic E-state index is 15.3. The number of carbonyl (C=O) groups is 2. The first-order chi connectivity index (χ1) is 18.1. The van der Waals surface area contributed by atoms with Crippen molar-refractivity contribution in [3.8, 4) is 0 Å². The maximum Gasteiger partial charge on any atom is 0.285 e. The average molecular weight is 532 g/mol. The lowest BCUT2D eigenvalue weighted by atomic mass is 9.94. The number of rotatable bonds is 4. The molecule has 3 atom stereocenters. The van der Waals surface area contributed by atoms with Gasteiger partial charge in [-0.25, -0.2) is 18.2 Å². The van der Waals surface area contributed by atoms with Gasteiger partial charge in [-0.3, -0.25) is 14.5 Å². The van der Waals surface area contributed by atoms with Gasteiger partial charge in [-0.1, -0.05) is 24.3 Å². The number of likely N-dealkylation sites (tertiary alicyclic amines) is 2. The lowest BCUT2D eigenvalue weighted by Crippen LogP contribution is -2.56. The van der Waals surface area contributed by atoms with Crippen molar-refractivity contribution in [2.24, 2.45) is 0 Å². The molecule has 3 aliphatic heterocycles. The summed E-state index contributed by atoms with van der Waals surface area (Å²) in [6.45, 7) is 2.50. The van der Waals surface area contributed by atoms with Gasteiger partial charge in [-0.05, 0) is 36.5 Å². The molecule has 0 spiro atoms. The highest BCUT2D eigenvalue weighted by molar-refractivity contribution is 5.95. The number of aromatic nitrogens is 1. The summed E-state index contributed by atoms with van der Waals surface area (Å²) in [6.07, 6.45) is 1.74. The highest BCUT2D eigenvalue weighted by Crippen LogP contribution is 2.31. The van der Waals surface area contributed by atoms with Crippen molar-refractivity contribution in [2.75, 3.05) is 38.0 Å². The summed E-state index contributed by atoms with van der Waals surface area (Å²) >= 11 is 0. The maximum absolute atomic E-state index is 15.3. The Balaban J connectivity index is 1.24. The Hall–Kier alpha value is -3.18. The second-order valence-corrected chi connectivity index (χ2v) is 10.4. The number of benzene rings is 1. The fraction of sp³-hybridized carbons (Fsp3) is 0.519. The van der Waals surface area contributed by atoms with E-state index in [2.05, 4.69) is 27.3 Å². The molecule has 0 saturated carbocycles. The zero-order chi connectivity index (χ0) is 27.0. The number of β-amino-alcohol motifs (C(OH)–C–C–N with tert-alkyl or cyclic N) is 1. The number of halogens is 3. The zero-order valence-corrected chi connectivity index (χ0v) is 21.2. The Morgan fingerprint density at radius 1 is 1.08 bits per heavy atom. The number of carbonyl (C=O) groups excluding carboxylic acids is 2. The van der Waals surface area contributed by atoms with E-state index in [0.717, 1.165) is 24.4 Å². The molecule has 2 amide bonds. The van der Waals surface area contributed by atoms with Crippen LogP contribution in [0.3, 0.4) is 0 Å². The molecule has 1 aromatic heterocycles. The smallest absolute Gasteiger partial charge is 0.285 e. The molecule has 204 valence electrons. The minimum atomic E-state index is -3.29. The third kappa shape index (κ3) is 5.22. The summed E-state index contributed by atoms with van der Waals surface area (Å²) in [7, 11) is 0. The van der Waals surface area contributed by atoms with E-state index in [4.69, 9.17) is 0 Å². The van der Waals surface area contributed by atoms with Gasteiger partial charge in [0.25, 0.3) is 11.8 Å². The molecule has 38 heavy (non-hydrogen) atoms. The summed E-state index contributed by atoms with van der Waals surface area (Å²) in [5, 5.41) is 13.4. The molecule has 1 aromatic carbocycles. The Kier molecular flexibility index (Phi) is 7.32. The van der Waals surface area contributed by atoms with Crippen LogP contribution in [0.1, 0.15) is 41.3 Å². The molecule has 2 saturated heterocycles. The van der Waals surface area contributed by atoms with Crippen molar-refractivity contribution in [3.05, 3.63) is 59.0 Å². The number of anilines is 1. The first kappa shape index (κ1) is 26.4. The van der Waals surface area contributed by atoms with Crippen molar-refractivity contribution >= 4 is 17.6 Å². The lowest BCUT2D eigenvalue weighted by Gasteiger charge is -2.43. The molecule has 1 unspecified atom stereocenters. The number of nitrogens with one attached hydrogen (secondary N) is 1. The largest absolute Gasteiger partial charge is 0.390 e. The predicted octanol–water partition coefficient (Wildman–Crippen LogP) is 2.52. The minimum absolute atomic E-state index is 0.0494. The van der Waals surface area contributed by atoms with Gasteiger partial charge in [0.2, 0.25) is 5.91 Å². The Bertz CT molecular complexity index is 1210. The fourth-order valence-corrected chi connectivity index (χ4v) is 5.76. The number of hydrogen-bond donors (Lipinski definition) is 2. The lowest BCUT2D eigenvalue weighted by molar-refractivity contribution is -0.140. The Morgan fingerprint density at radius 3 is 2.53 bits per heavy atom. The zero-order valence-electron chi connectivity index (χ0n) is 21.2. The van der Waals surface area contributed by atoms with Crippen LogP contribution in [-0.4, -0.2) is 93.4 Å². The fourth-order valence-electron chi connectivity index (χ4n) is 5.76. The number of aliphatic hydroxyl groups is 1. The quantitative estimate of drug-likeness (QED) is 0.631. The van der Waals surface area contributed by atoms with Crippen molar-refractivity contribution < 1.29 is 27.9 Å². The molecule has 0 radical (unpaired) electrons. The highest BCUT2D eigenvalue weighted by Gasteiger charge is 2.46. The van der Waals surface area contributed by atoms with Gasteiger partial charge < -0.3 is 20.2 Å². The van der Waals surface area contributed by atoms with Crippen molar-refractivity contribution in [1.29, 1.82) is 0 Å². The number of alkyl halides is 2. The topological polar surface area (TPSA) is 89.0 Å². The summed E-state index contributed by atoms with van der Waals surface area (Å²) < 4.78 is 44.6. The molecule has 0 aliphatic carbocycles. The normalized spacial score (nSPS) is 25.6. The molecule has 2 N–H and O–H groups in total.